The Balaban J connectivity index is 1.82. The van der Waals surface area contributed by atoms with Crippen molar-refractivity contribution < 1.29 is 27.4 Å². The molecule has 0 aliphatic carbocycles. The van der Waals surface area contributed by atoms with Crippen LogP contribution < -0.4 is 0 Å². The van der Waals surface area contributed by atoms with E-state index in [0.717, 1.165) is 15.4 Å². The van der Waals surface area contributed by atoms with Gasteiger partial charge in [0, 0.05) is 18.5 Å². The summed E-state index contributed by atoms with van der Waals surface area (Å²) in [5.74, 6) is -1.50. The van der Waals surface area contributed by atoms with Crippen LogP contribution in [-0.4, -0.2) is 42.5 Å². The van der Waals surface area contributed by atoms with Gasteiger partial charge in [0.1, 0.15) is 18.5 Å². The number of benzene rings is 2. The first-order valence-corrected chi connectivity index (χ1v) is 10.8. The second-order valence-corrected chi connectivity index (χ2v) is 9.33. The number of hydrogen-bond donors (Lipinski definition) is 1. The fraction of sp³-hybridized carbons (Fsp3) is 0.350. The van der Waals surface area contributed by atoms with Crippen LogP contribution in [0.5, 0.6) is 0 Å². The van der Waals surface area contributed by atoms with Crippen LogP contribution in [0.2, 0.25) is 5.02 Å². The number of carbonyl (C=O) groups excluding carboxylic acids is 1. The van der Waals surface area contributed by atoms with Crippen LogP contribution in [0.15, 0.2) is 41.3 Å². The number of hydrogen-bond acceptors (Lipinski definition) is 5. The molecule has 1 saturated heterocycles. The standard InChI is InChI=1S/C20H21ClFNO5S/c1-12-6-7-15(8-13(12)2)29(26,27)23-10-14(24)9-19(23)20(25)28-11-16-17(21)4-3-5-18(16)22/h3-8,14,19,24H,9-11H2,1-2H3/t14-,19+/m1/s1. The highest BCUT2D eigenvalue weighted by molar-refractivity contribution is 7.89. The van der Waals surface area contributed by atoms with Gasteiger partial charge < -0.3 is 9.84 Å². The van der Waals surface area contributed by atoms with Crippen LogP contribution in [0.4, 0.5) is 4.39 Å². The first-order chi connectivity index (χ1) is 13.6. The summed E-state index contributed by atoms with van der Waals surface area (Å²) >= 11 is 5.93. The Bertz CT molecular complexity index is 1020. The molecule has 29 heavy (non-hydrogen) atoms. The molecule has 156 valence electrons. The minimum Gasteiger partial charge on any atom is -0.459 e. The van der Waals surface area contributed by atoms with Gasteiger partial charge in [0.25, 0.3) is 0 Å². The largest absolute Gasteiger partial charge is 0.459 e. The van der Waals surface area contributed by atoms with Gasteiger partial charge >= 0.3 is 5.97 Å². The SMILES string of the molecule is Cc1ccc(S(=O)(=O)N2C[C@H](O)C[C@H]2C(=O)OCc2c(F)cccc2Cl)cc1C. The number of esters is 1. The molecule has 2 atom stereocenters. The number of aliphatic hydroxyl groups excluding tert-OH is 1. The third-order valence-electron chi connectivity index (χ3n) is 5.01. The molecule has 3 rings (SSSR count). The van der Waals surface area contributed by atoms with E-state index in [0.29, 0.717) is 0 Å². The zero-order valence-corrected chi connectivity index (χ0v) is 17.5. The van der Waals surface area contributed by atoms with Crippen molar-refractivity contribution in [2.45, 2.75) is 43.9 Å². The Kier molecular flexibility index (Phi) is 6.28. The molecule has 6 nitrogen and oxygen atoms in total. The van der Waals surface area contributed by atoms with Crippen molar-refractivity contribution in [3.05, 3.63) is 63.9 Å². The molecule has 0 spiro atoms. The number of carbonyl (C=O) groups is 1. The topological polar surface area (TPSA) is 83.9 Å². The van der Waals surface area contributed by atoms with Gasteiger partial charge in [-0.25, -0.2) is 12.8 Å². The molecule has 1 N–H and O–H groups in total. The van der Waals surface area contributed by atoms with Gasteiger partial charge in [-0.2, -0.15) is 4.31 Å². The minimum absolute atomic E-state index is 0.00429. The minimum atomic E-state index is -4.03. The van der Waals surface area contributed by atoms with Crippen molar-refractivity contribution in [2.24, 2.45) is 0 Å². The monoisotopic (exact) mass is 441 g/mol. The summed E-state index contributed by atoms with van der Waals surface area (Å²) in [6, 6.07) is 7.54. The van der Waals surface area contributed by atoms with Gasteiger partial charge in [0.2, 0.25) is 10.0 Å². The zero-order chi connectivity index (χ0) is 21.3. The Labute approximate surface area is 173 Å². The van der Waals surface area contributed by atoms with Crippen molar-refractivity contribution in [1.82, 2.24) is 4.31 Å². The van der Waals surface area contributed by atoms with Gasteiger partial charge in [-0.1, -0.05) is 23.7 Å². The Morgan fingerprint density at radius 3 is 2.66 bits per heavy atom. The molecule has 1 aliphatic rings. The van der Waals surface area contributed by atoms with Crippen LogP contribution in [0.1, 0.15) is 23.1 Å². The molecule has 0 aromatic heterocycles. The van der Waals surface area contributed by atoms with Crippen molar-refractivity contribution in [2.75, 3.05) is 6.54 Å². The first-order valence-electron chi connectivity index (χ1n) is 8.98. The lowest BCUT2D eigenvalue weighted by molar-refractivity contribution is -0.149. The molecule has 1 heterocycles. The molecule has 0 bridgehead atoms. The average Bonchev–Trinajstić information content (AvgIpc) is 3.06. The molecule has 0 saturated carbocycles. The van der Waals surface area contributed by atoms with Crippen molar-refractivity contribution in [3.8, 4) is 0 Å². The maximum Gasteiger partial charge on any atom is 0.324 e. The van der Waals surface area contributed by atoms with Crippen molar-refractivity contribution in [3.63, 3.8) is 0 Å². The molecule has 0 radical (unpaired) electrons. The number of β-amino-alcohol motifs (C(OH)–C–C–N with tert-alkyl or cyclic N) is 1. The second-order valence-electron chi connectivity index (χ2n) is 7.03. The van der Waals surface area contributed by atoms with Crippen LogP contribution >= 0.6 is 11.6 Å². The highest BCUT2D eigenvalue weighted by atomic mass is 35.5. The number of aryl methyl sites for hydroxylation is 2. The molecular weight excluding hydrogens is 421 g/mol. The molecule has 1 aliphatic heterocycles. The van der Waals surface area contributed by atoms with E-state index < -0.39 is 40.6 Å². The van der Waals surface area contributed by atoms with Gasteiger partial charge in [-0.15, -0.1) is 0 Å². The predicted molar refractivity (Wildman–Crippen MR) is 105 cm³/mol. The number of rotatable bonds is 5. The normalized spacial score (nSPS) is 20.0. The van der Waals surface area contributed by atoms with Gasteiger partial charge in [-0.05, 0) is 49.2 Å². The Hall–Kier alpha value is -2.00. The quantitative estimate of drug-likeness (QED) is 0.721. The lowest BCUT2D eigenvalue weighted by atomic mass is 10.1. The summed E-state index contributed by atoms with van der Waals surface area (Å²) in [4.78, 5) is 12.6. The summed E-state index contributed by atoms with van der Waals surface area (Å²) in [7, 11) is -4.03. The van der Waals surface area contributed by atoms with E-state index in [9.17, 15) is 22.7 Å². The van der Waals surface area contributed by atoms with Gasteiger partial charge in [0.05, 0.1) is 16.0 Å². The van der Waals surface area contributed by atoms with E-state index in [1.807, 2.05) is 6.92 Å². The molecule has 2 aromatic rings. The van der Waals surface area contributed by atoms with E-state index in [1.54, 1.807) is 13.0 Å². The molecule has 2 aromatic carbocycles. The van der Waals surface area contributed by atoms with E-state index in [2.05, 4.69) is 0 Å². The fourth-order valence-electron chi connectivity index (χ4n) is 3.18. The van der Waals surface area contributed by atoms with E-state index in [-0.39, 0.29) is 28.4 Å². The van der Waals surface area contributed by atoms with Gasteiger partial charge in [0.15, 0.2) is 0 Å². The Morgan fingerprint density at radius 1 is 1.28 bits per heavy atom. The summed E-state index contributed by atoms with van der Waals surface area (Å²) < 4.78 is 46.1. The van der Waals surface area contributed by atoms with Gasteiger partial charge in [-0.3, -0.25) is 4.79 Å². The molecule has 1 fully saturated rings. The lowest BCUT2D eigenvalue weighted by Gasteiger charge is -2.23. The lowest BCUT2D eigenvalue weighted by Crippen LogP contribution is -2.41. The highest BCUT2D eigenvalue weighted by Gasteiger charge is 2.44. The van der Waals surface area contributed by atoms with E-state index in [1.165, 1.54) is 30.3 Å². The van der Waals surface area contributed by atoms with Crippen molar-refractivity contribution >= 4 is 27.6 Å². The summed E-state index contributed by atoms with van der Waals surface area (Å²) in [5, 5.41) is 10.1. The summed E-state index contributed by atoms with van der Waals surface area (Å²) in [6.07, 6.45) is -1.11. The number of nitrogens with zero attached hydrogens (tertiary/aromatic N) is 1. The van der Waals surface area contributed by atoms with Crippen LogP contribution in [0, 0.1) is 19.7 Å². The van der Waals surface area contributed by atoms with Crippen LogP contribution in [0.3, 0.4) is 0 Å². The van der Waals surface area contributed by atoms with Crippen LogP contribution in [0.25, 0.3) is 0 Å². The van der Waals surface area contributed by atoms with Crippen LogP contribution in [-0.2, 0) is 26.2 Å². The Morgan fingerprint density at radius 2 is 2.00 bits per heavy atom. The highest BCUT2D eigenvalue weighted by Crippen LogP contribution is 2.29. The molecule has 0 unspecified atom stereocenters. The van der Waals surface area contributed by atoms with E-state index >= 15 is 0 Å². The second kappa shape index (κ2) is 8.39. The predicted octanol–water partition coefficient (Wildman–Crippen LogP) is 2.96. The smallest absolute Gasteiger partial charge is 0.324 e. The number of sulfonamides is 1. The number of ether oxygens (including phenoxy) is 1. The average molecular weight is 442 g/mol. The van der Waals surface area contributed by atoms with Crippen molar-refractivity contribution in [1.29, 1.82) is 0 Å². The first kappa shape index (κ1) is 21.7. The summed E-state index contributed by atoms with van der Waals surface area (Å²) in [6.45, 7) is 2.99. The third-order valence-corrected chi connectivity index (χ3v) is 7.24. The fourth-order valence-corrected chi connectivity index (χ4v) is 5.11. The summed E-state index contributed by atoms with van der Waals surface area (Å²) in [5.41, 5.74) is 1.73. The molecule has 9 heteroatoms. The maximum atomic E-state index is 13.9. The third kappa shape index (κ3) is 4.45. The maximum absolute atomic E-state index is 13.9. The zero-order valence-electron chi connectivity index (χ0n) is 15.9. The number of halogens is 2. The molecule has 0 amide bonds. The number of aliphatic hydroxyl groups is 1. The molecular formula is C20H21ClFNO5S. The van der Waals surface area contributed by atoms with E-state index in [4.69, 9.17) is 16.3 Å².